The molecule has 0 saturated carbocycles. The molecule has 1 aliphatic heterocycles. The number of ether oxygens (including phenoxy) is 2. The average molecular weight is 736 g/mol. The first-order valence-corrected chi connectivity index (χ1v) is 39.9. The quantitative estimate of drug-likeness (QED) is 0.116. The molecule has 0 radical (unpaired) electrons. The van der Waals surface area contributed by atoms with Crippen molar-refractivity contribution in [2.75, 3.05) is 32.7 Å². The van der Waals surface area contributed by atoms with Crippen LogP contribution in [0.1, 0.15) is 13.3 Å². The Morgan fingerprint density at radius 1 is 0.833 bits per heavy atom. The number of hydrogen-bond acceptors (Lipinski definition) is 6. The summed E-state index contributed by atoms with van der Waals surface area (Å²) in [6, 6.07) is 1.49. The first-order valence-electron chi connectivity index (χ1n) is 15.8. The van der Waals surface area contributed by atoms with Gasteiger partial charge < -0.3 is 18.3 Å². The molecule has 258 valence electrons. The molecule has 0 aliphatic carbocycles. The topological polar surface area (TPSA) is 40.2 Å². The zero-order chi connectivity index (χ0) is 34.6. The SMILES string of the molecule is C=C[Si](C)(C)C.CCC(CO[Si](C)(C)C)OC.C[Si](C)(C)CCS[Si](C)(C)C.C[Si](C)(C)OCC1CO1.C[Si](C)(C)S. The zero-order valence-electron chi connectivity index (χ0n) is 32.2. The Hall–Kier alpha value is 1.58. The molecule has 0 N–H and O–H groups in total. The molecule has 1 saturated heterocycles. The van der Waals surface area contributed by atoms with Gasteiger partial charge in [0.2, 0.25) is 0 Å². The van der Waals surface area contributed by atoms with Crippen molar-refractivity contribution in [1.29, 1.82) is 0 Å². The summed E-state index contributed by atoms with van der Waals surface area (Å²) in [4.78, 5) is 0. The van der Waals surface area contributed by atoms with Crippen molar-refractivity contribution < 1.29 is 18.3 Å². The molecule has 0 bridgehead atoms. The summed E-state index contributed by atoms with van der Waals surface area (Å²) < 4.78 is 21.4. The van der Waals surface area contributed by atoms with Gasteiger partial charge in [0.1, 0.15) is 20.6 Å². The van der Waals surface area contributed by atoms with Crippen LogP contribution in [-0.2, 0) is 18.3 Å². The third-order valence-electron chi connectivity index (χ3n) is 4.60. The molecule has 2 unspecified atom stereocenters. The van der Waals surface area contributed by atoms with E-state index in [0.29, 0.717) is 6.10 Å². The van der Waals surface area contributed by atoms with Gasteiger partial charge in [0, 0.05) is 15.2 Å². The molecule has 0 amide bonds. The van der Waals surface area contributed by atoms with Gasteiger partial charge in [0.25, 0.3) is 0 Å². The number of thiol groups is 1. The van der Waals surface area contributed by atoms with E-state index in [1.165, 1.54) is 11.8 Å². The highest BCUT2D eigenvalue weighted by molar-refractivity contribution is 8.28. The van der Waals surface area contributed by atoms with Crippen LogP contribution in [0.25, 0.3) is 0 Å². The minimum Gasteiger partial charge on any atom is -0.415 e. The van der Waals surface area contributed by atoms with Crippen molar-refractivity contribution in [3.63, 3.8) is 0 Å². The van der Waals surface area contributed by atoms with Crippen LogP contribution in [0.5, 0.6) is 0 Å². The predicted octanol–water partition coefficient (Wildman–Crippen LogP) is 11.2. The van der Waals surface area contributed by atoms with Crippen LogP contribution in [0.4, 0.5) is 0 Å². The summed E-state index contributed by atoms with van der Waals surface area (Å²) in [5.74, 6) is 1.41. The summed E-state index contributed by atoms with van der Waals surface area (Å²) >= 11 is 6.50. The van der Waals surface area contributed by atoms with Gasteiger partial charge in [-0.1, -0.05) is 85.5 Å². The van der Waals surface area contributed by atoms with E-state index in [1.807, 2.05) is 0 Å². The minimum absolute atomic E-state index is 0.279. The molecule has 4 nitrogen and oxygen atoms in total. The third-order valence-corrected chi connectivity index (χ3v) is 14.5. The van der Waals surface area contributed by atoms with E-state index >= 15 is 0 Å². The fourth-order valence-electron chi connectivity index (χ4n) is 1.87. The second-order valence-electron chi connectivity index (χ2n) is 17.1. The van der Waals surface area contributed by atoms with Crippen LogP contribution in [0.3, 0.4) is 0 Å². The van der Waals surface area contributed by atoms with E-state index in [1.54, 1.807) is 7.11 Å². The van der Waals surface area contributed by atoms with Gasteiger partial charge in [0.05, 0.1) is 34.0 Å². The summed E-state index contributed by atoms with van der Waals surface area (Å²) in [6.45, 7) is 49.4. The van der Waals surface area contributed by atoms with Crippen LogP contribution in [0.15, 0.2) is 12.3 Å². The highest BCUT2D eigenvalue weighted by atomic mass is 32.4. The molecule has 42 heavy (non-hydrogen) atoms. The lowest BCUT2D eigenvalue weighted by Crippen LogP contribution is -2.30. The monoisotopic (exact) mass is 734 g/mol. The van der Waals surface area contributed by atoms with E-state index in [2.05, 4.69) is 160 Å². The molecule has 1 heterocycles. The number of rotatable bonds is 13. The van der Waals surface area contributed by atoms with Crippen molar-refractivity contribution in [2.45, 2.75) is 149 Å². The largest absolute Gasteiger partial charge is 0.415 e. The van der Waals surface area contributed by atoms with Gasteiger partial charge in [0.15, 0.2) is 16.6 Å². The Labute approximate surface area is 281 Å². The molecule has 0 aromatic heterocycles. The first-order chi connectivity index (χ1) is 18.3. The number of epoxide rings is 1. The van der Waals surface area contributed by atoms with Gasteiger partial charge in [-0.15, -0.1) is 12.3 Å². The Balaban J connectivity index is -0.000000221. The smallest absolute Gasteiger partial charge is 0.183 e. The predicted molar refractivity (Wildman–Crippen MR) is 219 cm³/mol. The third kappa shape index (κ3) is 68.7. The molecule has 12 heteroatoms. The van der Waals surface area contributed by atoms with Gasteiger partial charge in [-0.05, 0) is 57.5 Å². The Kier molecular flexibility index (Phi) is 28.6. The van der Waals surface area contributed by atoms with Crippen molar-refractivity contribution in [3.8, 4) is 0 Å². The van der Waals surface area contributed by atoms with Gasteiger partial charge in [-0.25, -0.2) is 12.1 Å². The second-order valence-corrected chi connectivity index (χ2v) is 54.7. The van der Waals surface area contributed by atoms with E-state index in [9.17, 15) is 0 Å². The molecule has 1 rings (SSSR count). The summed E-state index contributed by atoms with van der Waals surface area (Å²) in [7, 11) is -4.21. The Bertz CT molecular complexity index is 617. The molecular weight excluding hydrogens is 657 g/mol. The van der Waals surface area contributed by atoms with Crippen LogP contribution >= 0.6 is 23.3 Å². The van der Waals surface area contributed by atoms with E-state index in [-0.39, 0.29) is 6.10 Å². The fraction of sp³-hybridized carbons (Fsp3) is 0.933. The van der Waals surface area contributed by atoms with Gasteiger partial charge in [-0.3, -0.25) is 0 Å². The maximum absolute atomic E-state index is 5.69. The van der Waals surface area contributed by atoms with Crippen molar-refractivity contribution in [3.05, 3.63) is 12.3 Å². The zero-order valence-corrected chi connectivity index (χ0v) is 39.9. The normalized spacial score (nSPS) is 16.2. The summed E-state index contributed by atoms with van der Waals surface area (Å²) in [5.41, 5.74) is 2.08. The highest BCUT2D eigenvalue weighted by Crippen LogP contribution is 2.23. The fourth-order valence-corrected chi connectivity index (χ4v) is 9.46. The van der Waals surface area contributed by atoms with Crippen molar-refractivity contribution in [1.82, 2.24) is 0 Å². The maximum atomic E-state index is 5.69. The Morgan fingerprint density at radius 3 is 1.43 bits per heavy atom. The number of hydrogen-bond donors (Lipinski definition) is 1. The van der Waals surface area contributed by atoms with Crippen LogP contribution in [0.2, 0.25) is 124 Å². The van der Waals surface area contributed by atoms with E-state index in [4.69, 9.17) is 18.3 Å². The van der Waals surface area contributed by atoms with Crippen LogP contribution in [0, 0.1) is 0 Å². The molecule has 1 aliphatic rings. The number of methoxy groups -OCH3 is 1. The van der Waals surface area contributed by atoms with Crippen molar-refractivity contribution in [2.24, 2.45) is 0 Å². The van der Waals surface area contributed by atoms with E-state index < -0.39 is 47.2 Å². The Morgan fingerprint density at radius 2 is 1.21 bits per heavy atom. The van der Waals surface area contributed by atoms with Crippen molar-refractivity contribution >= 4 is 70.5 Å². The molecule has 0 aromatic rings. The lowest BCUT2D eigenvalue weighted by Gasteiger charge is -2.21. The highest BCUT2D eigenvalue weighted by Gasteiger charge is 2.25. The lowest BCUT2D eigenvalue weighted by molar-refractivity contribution is 0.0530. The van der Waals surface area contributed by atoms with Crippen LogP contribution < -0.4 is 0 Å². The molecular formula is C30H78O4S2Si6. The van der Waals surface area contributed by atoms with Gasteiger partial charge >= 0.3 is 0 Å². The molecule has 1 fully saturated rings. The molecule has 0 aromatic carbocycles. The molecule has 2 atom stereocenters. The summed E-state index contributed by atoms with van der Waals surface area (Å²) in [5, 5.41) is 0. The second kappa shape index (κ2) is 23.8. The molecule has 0 spiro atoms. The van der Waals surface area contributed by atoms with Gasteiger partial charge in [-0.2, -0.15) is 11.2 Å². The lowest BCUT2D eigenvalue weighted by atomic mass is 10.3. The average Bonchev–Trinajstić information content (AvgIpc) is 3.54. The summed E-state index contributed by atoms with van der Waals surface area (Å²) in [6.07, 6.45) is 1.74. The standard InChI is InChI=1S/C8H20O2Si.C8H22SSi2.C6H14O2Si.C5H12Si.C3H10SSi/c1-6-8(9-2)7-10-11(3,4)5;1-10(2,3)8-7-9-11(4,5)6;1-9(2,3)8-5-6-4-7-6;1-5-6(2,3)4;1-5(2,3)4/h8H,6-7H2,1-5H3;7-8H2,1-6H3;6H,4-5H2,1-3H3;5H,1H2,2-4H3;4H,1-3H3. The van der Waals surface area contributed by atoms with E-state index in [0.717, 1.165) is 26.2 Å². The first kappa shape index (κ1) is 50.4. The van der Waals surface area contributed by atoms with Crippen LogP contribution in [-0.4, -0.2) is 92.1 Å². The maximum Gasteiger partial charge on any atom is 0.183 e. The minimum atomic E-state index is -1.33.